The number of aromatic nitrogens is 1. The first-order valence-electron chi connectivity index (χ1n) is 11.2. The molecule has 1 aromatic carbocycles. The van der Waals surface area contributed by atoms with Crippen LogP contribution in [0.15, 0.2) is 40.5 Å². The van der Waals surface area contributed by atoms with Gasteiger partial charge in [0.15, 0.2) is 0 Å². The van der Waals surface area contributed by atoms with Crippen LogP contribution in [0.2, 0.25) is 0 Å². The molecule has 5 heteroatoms. The Kier molecular flexibility index (Phi) is 8.34. The number of fused-ring (bicyclic) bond motifs is 1. The zero-order valence-corrected chi connectivity index (χ0v) is 19.3. The van der Waals surface area contributed by atoms with Crippen molar-refractivity contribution in [3.8, 4) is 28.0 Å². The molecule has 1 atom stereocenters. The molecule has 1 aliphatic carbocycles. The monoisotopic (exact) mass is 437 g/mol. The van der Waals surface area contributed by atoms with Gasteiger partial charge in [-0.25, -0.2) is 0 Å². The summed E-state index contributed by atoms with van der Waals surface area (Å²) in [5.41, 5.74) is 1.96. The van der Waals surface area contributed by atoms with Gasteiger partial charge in [0.1, 0.15) is 11.9 Å². The van der Waals surface area contributed by atoms with Gasteiger partial charge in [-0.2, -0.15) is 0 Å². The van der Waals surface area contributed by atoms with Gasteiger partial charge < -0.3 is 14.8 Å². The van der Waals surface area contributed by atoms with Gasteiger partial charge in [-0.15, -0.1) is 11.3 Å². The van der Waals surface area contributed by atoms with E-state index in [1.54, 1.807) is 6.92 Å². The molecule has 164 valence electrons. The number of hydrogen-bond donors (Lipinski definition) is 2. The molecule has 0 aliphatic heterocycles. The molecule has 1 unspecified atom stereocenters. The minimum Gasteiger partial charge on any atom is -0.492 e. The fourth-order valence-electron chi connectivity index (χ4n) is 3.88. The van der Waals surface area contributed by atoms with Crippen LogP contribution in [0.25, 0.3) is 21.3 Å². The van der Waals surface area contributed by atoms with Crippen molar-refractivity contribution in [2.75, 3.05) is 6.61 Å². The number of aliphatic hydroxyl groups is 1. The Morgan fingerprint density at radius 3 is 2.68 bits per heavy atom. The third-order valence-corrected chi connectivity index (χ3v) is 6.23. The van der Waals surface area contributed by atoms with Gasteiger partial charge in [0, 0.05) is 15.8 Å². The third kappa shape index (κ3) is 5.78. The predicted molar refractivity (Wildman–Crippen MR) is 130 cm³/mol. The number of pyridine rings is 1. The summed E-state index contributed by atoms with van der Waals surface area (Å²) in [6, 6.07) is 9.54. The van der Waals surface area contributed by atoms with E-state index in [0.29, 0.717) is 23.8 Å². The van der Waals surface area contributed by atoms with Crippen LogP contribution < -0.4 is 10.3 Å². The number of aromatic amines is 1. The molecule has 1 aliphatic rings. The van der Waals surface area contributed by atoms with Gasteiger partial charge >= 0.3 is 0 Å². The van der Waals surface area contributed by atoms with Gasteiger partial charge in [0.2, 0.25) is 0 Å². The second-order valence-electron chi connectivity index (χ2n) is 7.66. The highest BCUT2D eigenvalue weighted by molar-refractivity contribution is 7.13. The largest absolute Gasteiger partial charge is 0.492 e. The number of nitrogens with one attached hydrogen (secondary N) is 1. The molecule has 2 heterocycles. The number of ether oxygens (including phenoxy) is 1. The van der Waals surface area contributed by atoms with Crippen LogP contribution in [-0.2, 0) is 0 Å². The van der Waals surface area contributed by atoms with Crippen molar-refractivity contribution in [3.63, 3.8) is 0 Å². The molecule has 2 N–H and O–H groups in total. The highest BCUT2D eigenvalue weighted by atomic mass is 32.1. The normalized spacial score (nSPS) is 14.8. The second kappa shape index (κ2) is 11.2. The minimum absolute atomic E-state index is 0.138. The van der Waals surface area contributed by atoms with Gasteiger partial charge in [-0.3, -0.25) is 4.79 Å². The number of H-pyrrole nitrogens is 1. The van der Waals surface area contributed by atoms with Crippen LogP contribution in [-0.4, -0.2) is 22.8 Å². The van der Waals surface area contributed by atoms with E-state index in [9.17, 15) is 9.90 Å². The van der Waals surface area contributed by atoms with Crippen LogP contribution in [0.4, 0.5) is 0 Å². The van der Waals surface area contributed by atoms with Crippen molar-refractivity contribution in [2.24, 2.45) is 5.92 Å². The molecule has 2 aromatic heterocycles. The van der Waals surface area contributed by atoms with Crippen molar-refractivity contribution < 1.29 is 9.84 Å². The summed E-state index contributed by atoms with van der Waals surface area (Å²) in [7, 11) is 0. The summed E-state index contributed by atoms with van der Waals surface area (Å²) in [6.45, 7) is 6.26. The van der Waals surface area contributed by atoms with Crippen LogP contribution >= 0.6 is 11.3 Å². The van der Waals surface area contributed by atoms with E-state index in [2.05, 4.69) is 16.8 Å². The maximum Gasteiger partial charge on any atom is 0.260 e. The third-order valence-electron chi connectivity index (χ3n) is 5.35. The average molecular weight is 438 g/mol. The molecular formula is C26H31NO3S. The Balaban J connectivity index is 0.00000132. The molecule has 0 spiro atoms. The fraction of sp³-hybridized carbons (Fsp3) is 0.423. The summed E-state index contributed by atoms with van der Waals surface area (Å²) >= 11 is 1.53. The van der Waals surface area contributed by atoms with Crippen molar-refractivity contribution in [1.29, 1.82) is 0 Å². The van der Waals surface area contributed by atoms with Gasteiger partial charge in [0.05, 0.1) is 17.7 Å². The molecule has 0 bridgehead atoms. The Hall–Kier alpha value is -2.55. The molecule has 0 radical (unpaired) electrons. The lowest BCUT2D eigenvalue weighted by Crippen LogP contribution is -2.18. The summed E-state index contributed by atoms with van der Waals surface area (Å²) in [4.78, 5) is 16.8. The number of aliphatic hydroxyl groups excluding tert-OH is 1. The van der Waals surface area contributed by atoms with Crippen LogP contribution in [0, 0.1) is 17.8 Å². The van der Waals surface area contributed by atoms with E-state index in [4.69, 9.17) is 4.74 Å². The number of rotatable bonds is 4. The van der Waals surface area contributed by atoms with Crippen molar-refractivity contribution >= 4 is 22.2 Å². The summed E-state index contributed by atoms with van der Waals surface area (Å²) in [5, 5.41) is 12.3. The van der Waals surface area contributed by atoms with Crippen LogP contribution in [0.3, 0.4) is 0 Å². The quantitative estimate of drug-likeness (QED) is 0.494. The summed E-state index contributed by atoms with van der Waals surface area (Å²) in [6.07, 6.45) is 5.48. The van der Waals surface area contributed by atoms with Crippen LogP contribution in [0.5, 0.6) is 5.75 Å². The molecule has 3 aromatic rings. The molecule has 0 saturated heterocycles. The Morgan fingerprint density at radius 1 is 1.23 bits per heavy atom. The maximum atomic E-state index is 12.9. The first-order chi connectivity index (χ1) is 15.1. The average Bonchev–Trinajstić information content (AvgIpc) is 3.32. The highest BCUT2D eigenvalue weighted by Crippen LogP contribution is 2.36. The number of thiophene rings is 1. The topological polar surface area (TPSA) is 62.3 Å². The van der Waals surface area contributed by atoms with Gasteiger partial charge in [0.25, 0.3) is 5.56 Å². The smallest absolute Gasteiger partial charge is 0.260 e. The van der Waals surface area contributed by atoms with Gasteiger partial charge in [-0.05, 0) is 55.3 Å². The predicted octanol–water partition coefficient (Wildman–Crippen LogP) is 5.97. The van der Waals surface area contributed by atoms with Crippen molar-refractivity contribution in [3.05, 3.63) is 51.6 Å². The molecular weight excluding hydrogens is 406 g/mol. The molecule has 1 fully saturated rings. The summed E-state index contributed by atoms with van der Waals surface area (Å²) < 4.78 is 6.36. The molecule has 31 heavy (non-hydrogen) atoms. The number of benzene rings is 1. The van der Waals surface area contributed by atoms with Gasteiger partial charge in [-0.1, -0.05) is 51.0 Å². The molecule has 0 amide bonds. The first kappa shape index (κ1) is 23.1. The Bertz CT molecular complexity index is 1100. The van der Waals surface area contributed by atoms with Crippen molar-refractivity contribution in [1.82, 2.24) is 4.98 Å². The Morgan fingerprint density at radius 2 is 2.00 bits per heavy atom. The summed E-state index contributed by atoms with van der Waals surface area (Å²) in [5.74, 6) is 6.94. The van der Waals surface area contributed by atoms with E-state index in [0.717, 1.165) is 21.3 Å². The zero-order chi connectivity index (χ0) is 22.2. The van der Waals surface area contributed by atoms with E-state index >= 15 is 0 Å². The Labute approximate surface area is 188 Å². The maximum absolute atomic E-state index is 12.9. The lowest BCUT2D eigenvalue weighted by Gasteiger charge is -2.23. The van der Waals surface area contributed by atoms with E-state index in [-0.39, 0.29) is 5.56 Å². The van der Waals surface area contributed by atoms with E-state index in [1.807, 2.05) is 49.6 Å². The molecule has 1 saturated carbocycles. The molecule has 4 nitrogen and oxygen atoms in total. The lowest BCUT2D eigenvalue weighted by molar-refractivity contribution is 0.211. The lowest BCUT2D eigenvalue weighted by atomic mass is 9.90. The molecule has 4 rings (SSSR count). The zero-order valence-electron chi connectivity index (χ0n) is 18.5. The number of hydrogen-bond acceptors (Lipinski definition) is 4. The van der Waals surface area contributed by atoms with Crippen molar-refractivity contribution in [2.45, 2.75) is 59.0 Å². The SMILES string of the molecule is CC.CC(O)C#Cc1ccc2[nH]c(=O)c(-c3cccs3)c(OCC3CCCCC3)c2c1. The fourth-order valence-corrected chi connectivity index (χ4v) is 4.64. The minimum atomic E-state index is -0.690. The first-order valence-corrected chi connectivity index (χ1v) is 12.1. The standard InChI is InChI=1S/C24H25NO3S.C2H6/c1-16(26)9-10-17-11-12-20-19(14-17)23(28-15-18-6-3-2-4-7-18)22(24(27)25-20)21-8-5-13-29-21;1-2/h5,8,11-14,16,18,26H,2-4,6-7,15H2,1H3,(H,25,27);1-2H3. The second-order valence-corrected chi connectivity index (χ2v) is 8.60. The highest BCUT2D eigenvalue weighted by Gasteiger charge is 2.20. The van der Waals surface area contributed by atoms with E-state index < -0.39 is 6.10 Å². The van der Waals surface area contributed by atoms with E-state index in [1.165, 1.54) is 43.4 Å². The van der Waals surface area contributed by atoms with Crippen LogP contribution in [0.1, 0.15) is 58.4 Å².